The minimum Gasteiger partial charge on any atom is -0.452 e. The van der Waals surface area contributed by atoms with Crippen molar-refractivity contribution >= 4 is 15.7 Å². The maximum atomic E-state index is 13.6. The molecule has 0 unspecified atom stereocenters. The quantitative estimate of drug-likeness (QED) is 0.831. The molecule has 0 bridgehead atoms. The molecule has 0 aliphatic rings. The van der Waals surface area contributed by atoms with Crippen molar-refractivity contribution in [2.75, 3.05) is 12.3 Å². The van der Waals surface area contributed by atoms with E-state index in [1.165, 1.54) is 36.4 Å². The molecular weight excluding hydrogens is 295 g/mol. The third-order valence-electron chi connectivity index (χ3n) is 2.69. The lowest BCUT2D eigenvalue weighted by Crippen LogP contribution is -2.23. The summed E-state index contributed by atoms with van der Waals surface area (Å²) in [5, 5.41) is 0. The van der Waals surface area contributed by atoms with Crippen LogP contribution in [-0.4, -0.2) is 15.0 Å². The van der Waals surface area contributed by atoms with Crippen LogP contribution in [0, 0.1) is 5.82 Å². The van der Waals surface area contributed by atoms with E-state index in [-0.39, 0.29) is 28.6 Å². The van der Waals surface area contributed by atoms with Gasteiger partial charge in [0.15, 0.2) is 17.3 Å². The number of para-hydroxylation sites is 1. The van der Waals surface area contributed by atoms with E-state index in [0.29, 0.717) is 0 Å². The molecule has 0 fully saturated rings. The highest BCUT2D eigenvalue weighted by molar-refractivity contribution is 7.89. The highest BCUT2D eigenvalue weighted by Crippen LogP contribution is 2.31. The number of benzene rings is 2. The molecule has 0 atom stereocenters. The van der Waals surface area contributed by atoms with E-state index >= 15 is 0 Å². The van der Waals surface area contributed by atoms with E-state index in [9.17, 15) is 12.8 Å². The van der Waals surface area contributed by atoms with Crippen LogP contribution in [0.1, 0.15) is 6.92 Å². The van der Waals surface area contributed by atoms with Gasteiger partial charge in [0.2, 0.25) is 10.0 Å². The standard InChI is InChI=1S/C14H15FN2O3S/c1-2-17-21(18,19)10-7-8-12(16)14(9-10)20-13-6-4-3-5-11(13)15/h3-9,17H,2,16H2,1H3. The number of ether oxygens (including phenoxy) is 1. The summed E-state index contributed by atoms with van der Waals surface area (Å²) in [5.74, 6) is -0.502. The second-order valence-corrected chi connectivity index (χ2v) is 6.00. The zero-order valence-corrected chi connectivity index (χ0v) is 12.2. The molecule has 2 rings (SSSR count). The SMILES string of the molecule is CCNS(=O)(=O)c1ccc(N)c(Oc2ccccc2F)c1. The van der Waals surface area contributed by atoms with Crippen molar-refractivity contribution < 1.29 is 17.5 Å². The summed E-state index contributed by atoms with van der Waals surface area (Å²) in [6.45, 7) is 1.93. The van der Waals surface area contributed by atoms with Gasteiger partial charge in [-0.25, -0.2) is 17.5 Å². The highest BCUT2D eigenvalue weighted by atomic mass is 32.2. The summed E-state index contributed by atoms with van der Waals surface area (Å²) >= 11 is 0. The Hall–Kier alpha value is -2.12. The second-order valence-electron chi connectivity index (χ2n) is 4.23. The fraction of sp³-hybridized carbons (Fsp3) is 0.143. The first-order chi connectivity index (χ1) is 9.94. The highest BCUT2D eigenvalue weighted by Gasteiger charge is 2.16. The number of halogens is 1. The van der Waals surface area contributed by atoms with Crippen molar-refractivity contribution in [2.24, 2.45) is 0 Å². The van der Waals surface area contributed by atoms with E-state index in [0.717, 1.165) is 0 Å². The summed E-state index contributed by atoms with van der Waals surface area (Å²) in [5.41, 5.74) is 5.96. The Kier molecular flexibility index (Phi) is 4.44. The van der Waals surface area contributed by atoms with Gasteiger partial charge in [0.25, 0.3) is 0 Å². The van der Waals surface area contributed by atoms with Crippen molar-refractivity contribution in [3.63, 3.8) is 0 Å². The van der Waals surface area contributed by atoms with E-state index in [4.69, 9.17) is 10.5 Å². The monoisotopic (exact) mass is 310 g/mol. The van der Waals surface area contributed by atoms with E-state index < -0.39 is 15.8 Å². The number of hydrogen-bond donors (Lipinski definition) is 2. The number of anilines is 1. The number of hydrogen-bond acceptors (Lipinski definition) is 4. The number of sulfonamides is 1. The lowest BCUT2D eigenvalue weighted by molar-refractivity contribution is 0.443. The Morgan fingerprint density at radius 2 is 1.90 bits per heavy atom. The van der Waals surface area contributed by atoms with Gasteiger partial charge in [-0.2, -0.15) is 0 Å². The molecule has 112 valence electrons. The van der Waals surface area contributed by atoms with Gasteiger partial charge in [0.1, 0.15) is 0 Å². The molecule has 0 aliphatic heterocycles. The van der Waals surface area contributed by atoms with Crippen LogP contribution in [0.5, 0.6) is 11.5 Å². The largest absolute Gasteiger partial charge is 0.452 e. The molecule has 21 heavy (non-hydrogen) atoms. The molecule has 0 spiro atoms. The molecule has 0 saturated heterocycles. The number of nitrogens with one attached hydrogen (secondary N) is 1. The maximum Gasteiger partial charge on any atom is 0.240 e. The van der Waals surface area contributed by atoms with Gasteiger partial charge in [-0.15, -0.1) is 0 Å². The van der Waals surface area contributed by atoms with Crippen molar-refractivity contribution in [1.29, 1.82) is 0 Å². The van der Waals surface area contributed by atoms with E-state index in [1.807, 2.05) is 0 Å². The molecule has 2 aromatic carbocycles. The summed E-state index contributed by atoms with van der Waals surface area (Å²) in [6.07, 6.45) is 0. The van der Waals surface area contributed by atoms with Crippen LogP contribution >= 0.6 is 0 Å². The van der Waals surface area contributed by atoms with Gasteiger partial charge < -0.3 is 10.5 Å². The first kappa shape index (κ1) is 15.3. The molecule has 2 aromatic rings. The van der Waals surface area contributed by atoms with Gasteiger partial charge in [-0.3, -0.25) is 0 Å². The molecule has 0 heterocycles. The Bertz CT molecular complexity index is 748. The summed E-state index contributed by atoms with van der Waals surface area (Å²) < 4.78 is 45.2. The lowest BCUT2D eigenvalue weighted by atomic mass is 10.3. The average Bonchev–Trinajstić information content (AvgIpc) is 2.43. The van der Waals surface area contributed by atoms with Crippen LogP contribution in [0.25, 0.3) is 0 Å². The fourth-order valence-electron chi connectivity index (χ4n) is 1.69. The van der Waals surface area contributed by atoms with Crippen LogP contribution in [0.15, 0.2) is 47.4 Å². The van der Waals surface area contributed by atoms with Crippen molar-refractivity contribution in [2.45, 2.75) is 11.8 Å². The van der Waals surface area contributed by atoms with Crippen molar-refractivity contribution in [3.05, 3.63) is 48.3 Å². The average molecular weight is 310 g/mol. The first-order valence-electron chi connectivity index (χ1n) is 6.25. The minimum absolute atomic E-state index is 0.00453. The summed E-state index contributed by atoms with van der Waals surface area (Å²) in [6, 6.07) is 9.83. The van der Waals surface area contributed by atoms with Gasteiger partial charge in [-0.05, 0) is 24.3 Å². The number of rotatable bonds is 5. The van der Waals surface area contributed by atoms with Crippen molar-refractivity contribution in [1.82, 2.24) is 4.72 Å². The zero-order valence-electron chi connectivity index (χ0n) is 11.3. The Morgan fingerprint density at radius 3 is 2.57 bits per heavy atom. The molecule has 7 heteroatoms. The van der Waals surface area contributed by atoms with Gasteiger partial charge in [0.05, 0.1) is 10.6 Å². The molecule has 0 amide bonds. The zero-order chi connectivity index (χ0) is 15.5. The third-order valence-corrected chi connectivity index (χ3v) is 4.23. The van der Waals surface area contributed by atoms with Crippen LogP contribution < -0.4 is 15.2 Å². The second kappa shape index (κ2) is 6.11. The van der Waals surface area contributed by atoms with E-state index in [2.05, 4.69) is 4.72 Å². The predicted molar refractivity (Wildman–Crippen MR) is 78.2 cm³/mol. The summed E-state index contributed by atoms with van der Waals surface area (Å²) in [7, 11) is -3.63. The Balaban J connectivity index is 2.39. The first-order valence-corrected chi connectivity index (χ1v) is 7.74. The molecule has 0 saturated carbocycles. The third kappa shape index (κ3) is 3.50. The smallest absolute Gasteiger partial charge is 0.240 e. The number of nitrogens with two attached hydrogens (primary N) is 1. The van der Waals surface area contributed by atoms with Crippen LogP contribution in [-0.2, 0) is 10.0 Å². The normalized spacial score (nSPS) is 11.3. The molecule has 3 N–H and O–H groups in total. The summed E-state index contributed by atoms with van der Waals surface area (Å²) in [4.78, 5) is 0.00453. The van der Waals surface area contributed by atoms with Crippen LogP contribution in [0.2, 0.25) is 0 Å². The number of nitrogen functional groups attached to an aromatic ring is 1. The van der Waals surface area contributed by atoms with E-state index in [1.54, 1.807) is 13.0 Å². The fourth-order valence-corrected chi connectivity index (χ4v) is 2.75. The van der Waals surface area contributed by atoms with Crippen LogP contribution in [0.4, 0.5) is 10.1 Å². The molecule has 0 aromatic heterocycles. The molecular formula is C14H15FN2O3S. The predicted octanol–water partition coefficient (Wildman–Crippen LogP) is 2.50. The van der Waals surface area contributed by atoms with Crippen LogP contribution in [0.3, 0.4) is 0 Å². The minimum atomic E-state index is -3.63. The lowest BCUT2D eigenvalue weighted by Gasteiger charge is -2.11. The van der Waals surface area contributed by atoms with Crippen molar-refractivity contribution in [3.8, 4) is 11.5 Å². The Morgan fingerprint density at radius 1 is 1.19 bits per heavy atom. The van der Waals surface area contributed by atoms with Gasteiger partial charge in [-0.1, -0.05) is 19.1 Å². The van der Waals surface area contributed by atoms with Gasteiger partial charge >= 0.3 is 0 Å². The molecule has 0 aliphatic carbocycles. The van der Waals surface area contributed by atoms with Gasteiger partial charge in [0, 0.05) is 12.6 Å². The maximum absolute atomic E-state index is 13.6. The molecule has 0 radical (unpaired) electrons. The topological polar surface area (TPSA) is 81.4 Å². The Labute approximate surface area is 122 Å². The molecule has 5 nitrogen and oxygen atoms in total.